The SMILES string of the molecule is Cc1ccc(C(N)c2cc3cccc(C)c3o2)cc1Cl. The van der Waals surface area contributed by atoms with Gasteiger partial charge >= 0.3 is 0 Å². The summed E-state index contributed by atoms with van der Waals surface area (Å²) in [5.74, 6) is 0.759. The van der Waals surface area contributed by atoms with E-state index in [-0.39, 0.29) is 6.04 Å². The first-order valence-electron chi connectivity index (χ1n) is 6.57. The highest BCUT2D eigenvalue weighted by atomic mass is 35.5. The molecule has 0 fully saturated rings. The minimum absolute atomic E-state index is 0.306. The predicted octanol–water partition coefficient (Wildman–Crippen LogP) is 4.75. The number of furan rings is 1. The van der Waals surface area contributed by atoms with Crippen molar-refractivity contribution in [1.29, 1.82) is 0 Å². The van der Waals surface area contributed by atoms with E-state index in [1.807, 2.05) is 56.3 Å². The van der Waals surface area contributed by atoms with E-state index in [1.54, 1.807) is 0 Å². The van der Waals surface area contributed by atoms with Crippen molar-refractivity contribution < 1.29 is 4.42 Å². The van der Waals surface area contributed by atoms with E-state index >= 15 is 0 Å². The average molecular weight is 286 g/mol. The van der Waals surface area contributed by atoms with Gasteiger partial charge in [0.2, 0.25) is 0 Å². The summed E-state index contributed by atoms with van der Waals surface area (Å²) >= 11 is 6.16. The van der Waals surface area contributed by atoms with Crippen LogP contribution in [0.3, 0.4) is 0 Å². The summed E-state index contributed by atoms with van der Waals surface area (Å²) in [4.78, 5) is 0. The van der Waals surface area contributed by atoms with Crippen LogP contribution in [0.5, 0.6) is 0 Å². The summed E-state index contributed by atoms with van der Waals surface area (Å²) in [7, 11) is 0. The molecule has 3 aromatic rings. The molecule has 0 amide bonds. The van der Waals surface area contributed by atoms with Gasteiger partial charge in [-0.2, -0.15) is 0 Å². The molecule has 20 heavy (non-hydrogen) atoms. The second-order valence-corrected chi connectivity index (χ2v) is 5.54. The second kappa shape index (κ2) is 4.97. The van der Waals surface area contributed by atoms with Gasteiger partial charge < -0.3 is 10.2 Å². The maximum atomic E-state index is 6.30. The van der Waals surface area contributed by atoms with Crippen molar-refractivity contribution in [2.75, 3.05) is 0 Å². The van der Waals surface area contributed by atoms with Crippen molar-refractivity contribution in [1.82, 2.24) is 0 Å². The lowest BCUT2D eigenvalue weighted by Crippen LogP contribution is -2.10. The molecule has 0 saturated carbocycles. The van der Waals surface area contributed by atoms with Gasteiger partial charge in [0.1, 0.15) is 11.3 Å². The van der Waals surface area contributed by atoms with Crippen molar-refractivity contribution in [3.8, 4) is 0 Å². The molecule has 2 nitrogen and oxygen atoms in total. The molecule has 1 aromatic heterocycles. The topological polar surface area (TPSA) is 39.2 Å². The average Bonchev–Trinajstić information content (AvgIpc) is 2.86. The minimum Gasteiger partial charge on any atom is -0.459 e. The first-order valence-corrected chi connectivity index (χ1v) is 6.95. The number of para-hydroxylation sites is 1. The number of hydrogen-bond donors (Lipinski definition) is 1. The Labute approximate surface area is 123 Å². The fourth-order valence-electron chi connectivity index (χ4n) is 2.35. The van der Waals surface area contributed by atoms with Crippen LogP contribution in [0.1, 0.15) is 28.5 Å². The summed E-state index contributed by atoms with van der Waals surface area (Å²) < 4.78 is 5.92. The van der Waals surface area contributed by atoms with Crippen molar-refractivity contribution in [2.45, 2.75) is 19.9 Å². The Morgan fingerprint density at radius 1 is 1.05 bits per heavy atom. The first kappa shape index (κ1) is 13.2. The predicted molar refractivity (Wildman–Crippen MR) is 83.2 cm³/mol. The Morgan fingerprint density at radius 3 is 2.55 bits per heavy atom. The van der Waals surface area contributed by atoms with Crippen LogP contribution in [0, 0.1) is 13.8 Å². The fourth-order valence-corrected chi connectivity index (χ4v) is 2.54. The molecule has 2 aromatic carbocycles. The van der Waals surface area contributed by atoms with Crippen molar-refractivity contribution >= 4 is 22.6 Å². The van der Waals surface area contributed by atoms with Gasteiger partial charge in [-0.25, -0.2) is 0 Å². The van der Waals surface area contributed by atoms with Crippen LogP contribution in [0.4, 0.5) is 0 Å². The smallest absolute Gasteiger partial charge is 0.137 e. The largest absolute Gasteiger partial charge is 0.459 e. The number of aryl methyl sites for hydroxylation is 2. The highest BCUT2D eigenvalue weighted by Crippen LogP contribution is 2.30. The summed E-state index contributed by atoms with van der Waals surface area (Å²) in [5, 5.41) is 1.80. The van der Waals surface area contributed by atoms with Crippen molar-refractivity contribution in [3.63, 3.8) is 0 Å². The molecule has 2 N–H and O–H groups in total. The van der Waals surface area contributed by atoms with Gasteiger partial charge in [0.25, 0.3) is 0 Å². The van der Waals surface area contributed by atoms with E-state index in [4.69, 9.17) is 21.8 Å². The van der Waals surface area contributed by atoms with Crippen molar-refractivity contribution in [2.24, 2.45) is 5.73 Å². The van der Waals surface area contributed by atoms with Crippen LogP contribution in [-0.2, 0) is 0 Å². The molecular weight excluding hydrogens is 270 g/mol. The molecule has 102 valence electrons. The molecule has 3 rings (SSSR count). The van der Waals surface area contributed by atoms with E-state index in [0.717, 1.165) is 38.4 Å². The molecule has 1 atom stereocenters. The van der Waals surface area contributed by atoms with Crippen LogP contribution in [0.2, 0.25) is 5.02 Å². The normalized spacial score (nSPS) is 12.8. The van der Waals surface area contributed by atoms with Gasteiger partial charge in [-0.05, 0) is 42.7 Å². The minimum atomic E-state index is -0.306. The molecule has 1 heterocycles. The zero-order chi connectivity index (χ0) is 14.3. The number of hydrogen-bond acceptors (Lipinski definition) is 2. The highest BCUT2D eigenvalue weighted by Gasteiger charge is 2.15. The maximum Gasteiger partial charge on any atom is 0.137 e. The van der Waals surface area contributed by atoms with Gasteiger partial charge in [-0.1, -0.05) is 41.9 Å². The number of nitrogens with two attached hydrogens (primary N) is 1. The lowest BCUT2D eigenvalue weighted by atomic mass is 10.0. The van der Waals surface area contributed by atoms with Crippen LogP contribution < -0.4 is 5.73 Å². The van der Waals surface area contributed by atoms with Gasteiger partial charge in [0, 0.05) is 10.4 Å². The molecule has 0 spiro atoms. The zero-order valence-electron chi connectivity index (χ0n) is 11.5. The van der Waals surface area contributed by atoms with E-state index in [0.29, 0.717) is 0 Å². The molecular formula is C17H16ClNO. The maximum absolute atomic E-state index is 6.30. The van der Waals surface area contributed by atoms with E-state index < -0.39 is 0 Å². The molecule has 1 unspecified atom stereocenters. The third kappa shape index (κ3) is 2.21. The number of halogens is 1. The monoisotopic (exact) mass is 285 g/mol. The first-order chi connectivity index (χ1) is 9.56. The fraction of sp³-hybridized carbons (Fsp3) is 0.176. The Balaban J connectivity index is 2.05. The summed E-state index contributed by atoms with van der Waals surface area (Å²) in [6.45, 7) is 4.01. The lowest BCUT2D eigenvalue weighted by molar-refractivity contribution is 0.523. The number of benzene rings is 2. The molecule has 0 radical (unpaired) electrons. The van der Waals surface area contributed by atoms with Crippen LogP contribution in [-0.4, -0.2) is 0 Å². The van der Waals surface area contributed by atoms with Crippen molar-refractivity contribution in [3.05, 3.63) is 69.9 Å². The Hall–Kier alpha value is -1.77. The van der Waals surface area contributed by atoms with E-state index in [1.165, 1.54) is 0 Å². The second-order valence-electron chi connectivity index (χ2n) is 5.13. The van der Waals surface area contributed by atoms with Gasteiger partial charge in [0.05, 0.1) is 6.04 Å². The van der Waals surface area contributed by atoms with Gasteiger partial charge in [-0.3, -0.25) is 0 Å². The molecule has 0 saturated heterocycles. The summed E-state index contributed by atoms with van der Waals surface area (Å²) in [5.41, 5.74) is 10.3. The Kier molecular flexibility index (Phi) is 3.28. The quantitative estimate of drug-likeness (QED) is 0.738. The molecule has 0 aliphatic heterocycles. The zero-order valence-corrected chi connectivity index (χ0v) is 12.2. The van der Waals surface area contributed by atoms with Crippen LogP contribution >= 0.6 is 11.6 Å². The number of rotatable bonds is 2. The van der Waals surface area contributed by atoms with Gasteiger partial charge in [-0.15, -0.1) is 0 Å². The lowest BCUT2D eigenvalue weighted by Gasteiger charge is -2.10. The van der Waals surface area contributed by atoms with Gasteiger partial charge in [0.15, 0.2) is 0 Å². The molecule has 3 heteroatoms. The van der Waals surface area contributed by atoms with Crippen LogP contribution in [0.25, 0.3) is 11.0 Å². The molecule has 0 bridgehead atoms. The van der Waals surface area contributed by atoms with E-state index in [2.05, 4.69) is 0 Å². The van der Waals surface area contributed by atoms with E-state index in [9.17, 15) is 0 Å². The molecule has 0 aliphatic carbocycles. The summed E-state index contributed by atoms with van der Waals surface area (Å²) in [6, 6.07) is 13.7. The number of fused-ring (bicyclic) bond motifs is 1. The Morgan fingerprint density at radius 2 is 1.85 bits per heavy atom. The highest BCUT2D eigenvalue weighted by molar-refractivity contribution is 6.31. The standard InChI is InChI=1S/C17H16ClNO/c1-10-6-7-12(8-14(10)18)16(19)15-9-13-5-3-4-11(2)17(13)20-15/h3-9,16H,19H2,1-2H3. The molecule has 0 aliphatic rings. The third-order valence-corrected chi connectivity index (χ3v) is 4.03. The third-order valence-electron chi connectivity index (χ3n) is 3.62. The van der Waals surface area contributed by atoms with Crippen LogP contribution in [0.15, 0.2) is 46.9 Å². The Bertz CT molecular complexity index is 776. The summed E-state index contributed by atoms with van der Waals surface area (Å²) in [6.07, 6.45) is 0.